The third kappa shape index (κ3) is 4.38. The lowest BCUT2D eigenvalue weighted by Crippen LogP contribution is -2.48. The van der Waals surface area contributed by atoms with Crippen molar-refractivity contribution < 1.29 is 28.8 Å². The molecule has 0 atom stereocenters. The summed E-state index contributed by atoms with van der Waals surface area (Å²) in [5, 5.41) is 10.1. The average Bonchev–Trinajstić information content (AvgIpc) is 2.79. The zero-order valence-electron chi connectivity index (χ0n) is 17.8. The molecule has 1 saturated heterocycles. The number of carbonyl (C=O) groups excluding carboxylic acids is 1. The zero-order valence-corrected chi connectivity index (χ0v) is 17.8. The number of para-hydroxylation sites is 1. The van der Waals surface area contributed by atoms with E-state index in [1.807, 2.05) is 4.90 Å². The fraction of sp³-hybridized carbons (Fsp3) is 0.409. The molecule has 1 fully saturated rings. The lowest BCUT2D eigenvalue weighted by atomic mass is 10.1. The van der Waals surface area contributed by atoms with Crippen molar-refractivity contribution in [1.82, 2.24) is 9.80 Å². The molecule has 1 heterocycles. The Kier molecular flexibility index (Phi) is 6.89. The Hall–Kier alpha value is -3.13. The van der Waals surface area contributed by atoms with Gasteiger partial charge in [-0.05, 0) is 29.8 Å². The summed E-state index contributed by atoms with van der Waals surface area (Å²) in [6, 6.07) is 8.92. The summed E-state index contributed by atoms with van der Waals surface area (Å²) in [5.41, 5.74) is 1.47. The Bertz CT molecular complexity index is 868. The van der Waals surface area contributed by atoms with Crippen molar-refractivity contribution in [3.63, 3.8) is 0 Å². The maximum Gasteiger partial charge on any atom is 0.257 e. The Balaban J connectivity index is 1.66. The minimum atomic E-state index is -0.0710. The van der Waals surface area contributed by atoms with Crippen LogP contribution in [0.3, 0.4) is 0 Å². The Morgan fingerprint density at radius 3 is 2.03 bits per heavy atom. The molecule has 0 bridgehead atoms. The predicted octanol–water partition coefficient (Wildman–Crippen LogP) is 2.38. The summed E-state index contributed by atoms with van der Waals surface area (Å²) in [7, 11) is 6.11. The first-order chi connectivity index (χ1) is 14.5. The van der Waals surface area contributed by atoms with E-state index in [1.165, 1.54) is 21.3 Å². The van der Waals surface area contributed by atoms with Crippen molar-refractivity contribution in [3.05, 3.63) is 41.5 Å². The van der Waals surface area contributed by atoms with Crippen LogP contribution in [0.15, 0.2) is 30.3 Å². The number of aromatic hydroxyl groups is 1. The SMILES string of the molecule is COc1cc(CN2CCN(C(=O)c3cccc(OC)c3OC)CC2)cc(OC)c1O. The quantitative estimate of drug-likeness (QED) is 0.742. The van der Waals surface area contributed by atoms with Gasteiger partial charge in [0.05, 0.1) is 34.0 Å². The fourth-order valence-electron chi connectivity index (χ4n) is 3.63. The lowest BCUT2D eigenvalue weighted by molar-refractivity contribution is 0.0624. The van der Waals surface area contributed by atoms with Crippen LogP contribution in [0.25, 0.3) is 0 Å². The van der Waals surface area contributed by atoms with Gasteiger partial charge in [0, 0.05) is 32.7 Å². The molecular weight excluding hydrogens is 388 g/mol. The van der Waals surface area contributed by atoms with E-state index in [0.717, 1.165) is 18.7 Å². The molecule has 30 heavy (non-hydrogen) atoms. The number of hydrogen-bond donors (Lipinski definition) is 1. The second-order valence-electron chi connectivity index (χ2n) is 6.96. The van der Waals surface area contributed by atoms with E-state index < -0.39 is 0 Å². The van der Waals surface area contributed by atoms with Crippen LogP contribution < -0.4 is 18.9 Å². The monoisotopic (exact) mass is 416 g/mol. The molecule has 2 aromatic rings. The molecule has 8 nitrogen and oxygen atoms in total. The van der Waals surface area contributed by atoms with Crippen molar-refractivity contribution in [3.8, 4) is 28.7 Å². The first kappa shape index (κ1) is 21.6. The Morgan fingerprint density at radius 1 is 0.900 bits per heavy atom. The highest BCUT2D eigenvalue weighted by atomic mass is 16.5. The Morgan fingerprint density at radius 2 is 1.50 bits per heavy atom. The zero-order chi connectivity index (χ0) is 21.7. The number of phenolic OH excluding ortho intramolecular Hbond substituents is 1. The molecule has 3 rings (SSSR count). The van der Waals surface area contributed by atoms with Gasteiger partial charge >= 0.3 is 0 Å². The molecule has 1 aliphatic rings. The molecule has 162 valence electrons. The molecule has 0 aromatic heterocycles. The van der Waals surface area contributed by atoms with Crippen LogP contribution in [0.1, 0.15) is 15.9 Å². The molecule has 0 saturated carbocycles. The number of phenols is 1. The number of benzene rings is 2. The van der Waals surface area contributed by atoms with Gasteiger partial charge in [0.15, 0.2) is 23.0 Å². The number of hydrogen-bond acceptors (Lipinski definition) is 7. The molecule has 0 spiro atoms. The second-order valence-corrected chi connectivity index (χ2v) is 6.96. The first-order valence-corrected chi connectivity index (χ1v) is 9.68. The van der Waals surface area contributed by atoms with E-state index in [-0.39, 0.29) is 11.7 Å². The summed E-state index contributed by atoms with van der Waals surface area (Å²) in [4.78, 5) is 17.1. The maximum absolute atomic E-state index is 13.0. The van der Waals surface area contributed by atoms with Crippen LogP contribution in [0, 0.1) is 0 Å². The molecular formula is C22H28N2O6. The number of rotatable bonds is 7. The summed E-state index contributed by atoms with van der Waals surface area (Å²) in [6.45, 7) is 3.32. The summed E-state index contributed by atoms with van der Waals surface area (Å²) in [5.74, 6) is 1.67. The first-order valence-electron chi connectivity index (χ1n) is 9.68. The molecule has 1 amide bonds. The van der Waals surface area contributed by atoms with Crippen molar-refractivity contribution in [2.75, 3.05) is 54.6 Å². The van der Waals surface area contributed by atoms with E-state index in [9.17, 15) is 9.90 Å². The van der Waals surface area contributed by atoms with Gasteiger partial charge in [-0.2, -0.15) is 0 Å². The molecule has 0 radical (unpaired) electrons. The highest BCUT2D eigenvalue weighted by Crippen LogP contribution is 2.37. The van der Waals surface area contributed by atoms with Gasteiger partial charge in [-0.15, -0.1) is 0 Å². The van der Waals surface area contributed by atoms with E-state index in [1.54, 1.807) is 37.4 Å². The minimum Gasteiger partial charge on any atom is -0.502 e. The molecule has 2 aromatic carbocycles. The van der Waals surface area contributed by atoms with Crippen LogP contribution in [-0.4, -0.2) is 75.4 Å². The molecule has 8 heteroatoms. The van der Waals surface area contributed by atoms with Crippen LogP contribution in [0.5, 0.6) is 28.7 Å². The van der Waals surface area contributed by atoms with Gasteiger partial charge in [-0.25, -0.2) is 0 Å². The smallest absolute Gasteiger partial charge is 0.257 e. The van der Waals surface area contributed by atoms with Crippen LogP contribution >= 0.6 is 0 Å². The highest BCUT2D eigenvalue weighted by molar-refractivity contribution is 5.97. The number of ether oxygens (including phenoxy) is 4. The summed E-state index contributed by atoms with van der Waals surface area (Å²) < 4.78 is 21.2. The fourth-order valence-corrected chi connectivity index (χ4v) is 3.63. The maximum atomic E-state index is 13.0. The third-order valence-electron chi connectivity index (χ3n) is 5.24. The lowest BCUT2D eigenvalue weighted by Gasteiger charge is -2.35. The average molecular weight is 416 g/mol. The second kappa shape index (κ2) is 9.58. The van der Waals surface area contributed by atoms with E-state index in [0.29, 0.717) is 48.2 Å². The van der Waals surface area contributed by atoms with Gasteiger partial charge in [-0.1, -0.05) is 6.07 Å². The molecule has 0 aliphatic carbocycles. The topological polar surface area (TPSA) is 80.7 Å². The third-order valence-corrected chi connectivity index (χ3v) is 5.24. The minimum absolute atomic E-state index is 0.00796. The van der Waals surface area contributed by atoms with Crippen LogP contribution in [0.4, 0.5) is 0 Å². The van der Waals surface area contributed by atoms with Crippen molar-refractivity contribution in [2.45, 2.75) is 6.54 Å². The summed E-state index contributed by atoms with van der Waals surface area (Å²) in [6.07, 6.45) is 0. The molecule has 0 unspecified atom stereocenters. The number of piperazine rings is 1. The van der Waals surface area contributed by atoms with Gasteiger partial charge in [0.25, 0.3) is 5.91 Å². The standard InChI is InChI=1S/C22H28N2O6/c1-27-17-7-5-6-16(21(17)30-4)22(26)24-10-8-23(9-11-24)14-15-12-18(28-2)20(25)19(13-15)29-3/h5-7,12-13,25H,8-11,14H2,1-4H3. The van der Waals surface area contributed by atoms with Crippen molar-refractivity contribution in [1.29, 1.82) is 0 Å². The molecule has 1 N–H and O–H groups in total. The summed E-state index contributed by atoms with van der Waals surface area (Å²) >= 11 is 0. The van der Waals surface area contributed by atoms with Gasteiger partial charge in [0.2, 0.25) is 5.75 Å². The van der Waals surface area contributed by atoms with Crippen molar-refractivity contribution >= 4 is 5.91 Å². The number of carbonyl (C=O) groups is 1. The number of nitrogens with zero attached hydrogens (tertiary/aromatic N) is 2. The Labute approximate surface area is 176 Å². The predicted molar refractivity (Wildman–Crippen MR) is 112 cm³/mol. The number of amides is 1. The highest BCUT2D eigenvalue weighted by Gasteiger charge is 2.26. The molecule has 1 aliphatic heterocycles. The van der Waals surface area contributed by atoms with Gasteiger partial charge in [0.1, 0.15) is 0 Å². The van der Waals surface area contributed by atoms with E-state index in [4.69, 9.17) is 18.9 Å². The number of methoxy groups -OCH3 is 4. The largest absolute Gasteiger partial charge is 0.502 e. The van der Waals surface area contributed by atoms with Gasteiger partial charge < -0.3 is 29.0 Å². The van der Waals surface area contributed by atoms with Crippen LogP contribution in [0.2, 0.25) is 0 Å². The van der Waals surface area contributed by atoms with Crippen LogP contribution in [-0.2, 0) is 6.54 Å². The normalized spacial score (nSPS) is 14.3. The van der Waals surface area contributed by atoms with Crippen molar-refractivity contribution in [2.24, 2.45) is 0 Å². The van der Waals surface area contributed by atoms with E-state index >= 15 is 0 Å². The van der Waals surface area contributed by atoms with E-state index in [2.05, 4.69) is 4.90 Å². The van der Waals surface area contributed by atoms with Gasteiger partial charge in [-0.3, -0.25) is 9.69 Å².